The molecule has 94 valence electrons. The molecule has 1 amide bonds. The Labute approximate surface area is 111 Å². The molecule has 0 saturated carbocycles. The van der Waals surface area contributed by atoms with Crippen molar-refractivity contribution in [1.29, 1.82) is 0 Å². The molecule has 3 rings (SSSR count). The van der Waals surface area contributed by atoms with Gasteiger partial charge in [-0.15, -0.1) is 0 Å². The number of carbonyl (C=O) groups is 2. The predicted octanol–water partition coefficient (Wildman–Crippen LogP) is 2.72. The number of rotatable bonds is 2. The van der Waals surface area contributed by atoms with Crippen molar-refractivity contribution in [2.75, 3.05) is 4.90 Å². The zero-order chi connectivity index (χ0) is 13.4. The van der Waals surface area contributed by atoms with Crippen molar-refractivity contribution in [2.45, 2.75) is 13.5 Å². The number of carbonyl (C=O) groups excluding carboxylic acids is 2. The number of nitrogens with zero attached hydrogens (tertiary/aromatic N) is 1. The summed E-state index contributed by atoms with van der Waals surface area (Å²) in [4.78, 5) is 25.6. The highest BCUT2D eigenvalue weighted by molar-refractivity contribution is 6.52. The number of ketones is 1. The number of anilines is 1. The number of benzene rings is 2. The molecule has 0 radical (unpaired) electrons. The van der Waals surface area contributed by atoms with Gasteiger partial charge in [-0.05, 0) is 24.1 Å². The fourth-order valence-electron chi connectivity index (χ4n) is 2.46. The normalized spacial score (nSPS) is 13.8. The fraction of sp³-hybridized carbons (Fsp3) is 0.125. The Bertz CT molecular complexity index is 662. The second kappa shape index (κ2) is 4.35. The van der Waals surface area contributed by atoms with Crippen LogP contribution in [0.4, 0.5) is 5.69 Å². The smallest absolute Gasteiger partial charge is 0.299 e. The van der Waals surface area contributed by atoms with Crippen molar-refractivity contribution < 1.29 is 9.59 Å². The zero-order valence-corrected chi connectivity index (χ0v) is 10.6. The SMILES string of the molecule is Cc1cccc2c1N(Cc1ccccc1)C(=O)C2=O. The zero-order valence-electron chi connectivity index (χ0n) is 10.6. The number of fused-ring (bicyclic) bond motifs is 1. The van der Waals surface area contributed by atoms with Gasteiger partial charge in [0.1, 0.15) is 0 Å². The minimum absolute atomic E-state index is 0.408. The average molecular weight is 251 g/mol. The van der Waals surface area contributed by atoms with Crippen molar-refractivity contribution in [1.82, 2.24) is 0 Å². The van der Waals surface area contributed by atoms with Gasteiger partial charge in [0.2, 0.25) is 0 Å². The van der Waals surface area contributed by atoms with Crippen LogP contribution in [0.1, 0.15) is 21.5 Å². The Balaban J connectivity index is 2.04. The Morgan fingerprint density at radius 3 is 2.42 bits per heavy atom. The Morgan fingerprint density at radius 2 is 1.68 bits per heavy atom. The first kappa shape index (κ1) is 11.7. The number of amides is 1. The summed E-state index contributed by atoms with van der Waals surface area (Å²) in [5, 5.41) is 0. The predicted molar refractivity (Wildman–Crippen MR) is 73.1 cm³/mol. The molecule has 0 spiro atoms. The summed E-state index contributed by atoms with van der Waals surface area (Å²) in [7, 11) is 0. The second-order valence-corrected chi connectivity index (χ2v) is 4.68. The first-order valence-corrected chi connectivity index (χ1v) is 6.18. The Kier molecular flexibility index (Phi) is 2.67. The van der Waals surface area contributed by atoms with E-state index >= 15 is 0 Å². The second-order valence-electron chi connectivity index (χ2n) is 4.68. The van der Waals surface area contributed by atoms with Gasteiger partial charge in [-0.2, -0.15) is 0 Å². The Hall–Kier alpha value is -2.42. The van der Waals surface area contributed by atoms with E-state index in [4.69, 9.17) is 0 Å². The molecular weight excluding hydrogens is 238 g/mol. The third kappa shape index (κ3) is 1.83. The van der Waals surface area contributed by atoms with E-state index in [1.165, 1.54) is 0 Å². The van der Waals surface area contributed by atoms with Crippen molar-refractivity contribution in [3.63, 3.8) is 0 Å². The lowest BCUT2D eigenvalue weighted by molar-refractivity contribution is -0.114. The molecule has 0 aliphatic carbocycles. The summed E-state index contributed by atoms with van der Waals surface area (Å²) >= 11 is 0. The highest BCUT2D eigenvalue weighted by Gasteiger charge is 2.36. The standard InChI is InChI=1S/C16H13NO2/c1-11-6-5-9-13-14(11)17(16(19)15(13)18)10-12-7-3-2-4-8-12/h2-9H,10H2,1H3. The van der Waals surface area contributed by atoms with Gasteiger partial charge in [0.25, 0.3) is 11.7 Å². The quantitative estimate of drug-likeness (QED) is 0.770. The van der Waals surface area contributed by atoms with E-state index < -0.39 is 11.7 Å². The molecule has 0 N–H and O–H groups in total. The molecule has 0 aromatic heterocycles. The number of para-hydroxylation sites is 1. The molecule has 2 aromatic carbocycles. The molecule has 0 bridgehead atoms. The molecule has 1 heterocycles. The number of hydrogen-bond donors (Lipinski definition) is 0. The van der Waals surface area contributed by atoms with Crippen LogP contribution in [0.3, 0.4) is 0 Å². The van der Waals surface area contributed by atoms with Crippen LogP contribution < -0.4 is 4.90 Å². The summed E-state index contributed by atoms with van der Waals surface area (Å²) in [6.45, 7) is 2.35. The topological polar surface area (TPSA) is 37.4 Å². The molecule has 0 fully saturated rings. The minimum atomic E-state index is -0.437. The molecule has 0 atom stereocenters. The summed E-state index contributed by atoms with van der Waals surface area (Å²) in [5.74, 6) is -0.845. The summed E-state index contributed by atoms with van der Waals surface area (Å²) < 4.78 is 0. The fourth-order valence-corrected chi connectivity index (χ4v) is 2.46. The summed E-state index contributed by atoms with van der Waals surface area (Å²) in [6.07, 6.45) is 0. The molecule has 1 aliphatic rings. The molecule has 0 unspecified atom stereocenters. The van der Waals surface area contributed by atoms with E-state index in [0.717, 1.165) is 16.8 Å². The monoisotopic (exact) mass is 251 g/mol. The third-order valence-corrected chi connectivity index (χ3v) is 3.38. The van der Waals surface area contributed by atoms with Gasteiger partial charge in [0.05, 0.1) is 17.8 Å². The number of aryl methyl sites for hydroxylation is 1. The largest absolute Gasteiger partial charge is 0.300 e. The van der Waals surface area contributed by atoms with Gasteiger partial charge < -0.3 is 4.90 Å². The highest BCUT2D eigenvalue weighted by Crippen LogP contribution is 2.33. The highest BCUT2D eigenvalue weighted by atomic mass is 16.2. The molecule has 3 heteroatoms. The lowest BCUT2D eigenvalue weighted by atomic mass is 10.1. The van der Waals surface area contributed by atoms with Crippen LogP contribution in [0.2, 0.25) is 0 Å². The maximum absolute atomic E-state index is 12.1. The van der Waals surface area contributed by atoms with Crippen molar-refractivity contribution in [3.8, 4) is 0 Å². The maximum atomic E-state index is 12.1. The lowest BCUT2D eigenvalue weighted by Gasteiger charge is -2.18. The van der Waals surface area contributed by atoms with Gasteiger partial charge in [-0.25, -0.2) is 0 Å². The van der Waals surface area contributed by atoms with Crippen LogP contribution in [0.25, 0.3) is 0 Å². The third-order valence-electron chi connectivity index (χ3n) is 3.38. The van der Waals surface area contributed by atoms with Crippen LogP contribution in [0.15, 0.2) is 48.5 Å². The van der Waals surface area contributed by atoms with Gasteiger partial charge in [0, 0.05) is 0 Å². The van der Waals surface area contributed by atoms with E-state index in [1.807, 2.05) is 49.4 Å². The molecule has 3 nitrogen and oxygen atoms in total. The first-order chi connectivity index (χ1) is 9.18. The van der Waals surface area contributed by atoms with E-state index in [-0.39, 0.29) is 0 Å². The van der Waals surface area contributed by atoms with Crippen LogP contribution in [-0.4, -0.2) is 11.7 Å². The number of hydrogen-bond acceptors (Lipinski definition) is 2. The van der Waals surface area contributed by atoms with E-state index in [1.54, 1.807) is 11.0 Å². The van der Waals surface area contributed by atoms with Gasteiger partial charge in [-0.3, -0.25) is 9.59 Å². The van der Waals surface area contributed by atoms with Gasteiger partial charge in [0.15, 0.2) is 0 Å². The average Bonchev–Trinajstić information content (AvgIpc) is 2.67. The van der Waals surface area contributed by atoms with Crippen molar-refractivity contribution in [3.05, 3.63) is 65.2 Å². The molecule has 2 aromatic rings. The number of Topliss-reactive ketones (excluding diaryl/α,β-unsaturated/α-hetero) is 1. The molecular formula is C16H13NO2. The first-order valence-electron chi connectivity index (χ1n) is 6.18. The molecule has 19 heavy (non-hydrogen) atoms. The lowest BCUT2D eigenvalue weighted by Crippen LogP contribution is -2.29. The van der Waals surface area contributed by atoms with Crippen LogP contribution in [0.5, 0.6) is 0 Å². The summed E-state index contributed by atoms with van der Waals surface area (Å²) in [6, 6.07) is 15.1. The Morgan fingerprint density at radius 1 is 0.947 bits per heavy atom. The van der Waals surface area contributed by atoms with E-state index in [0.29, 0.717) is 12.1 Å². The molecule has 0 saturated heterocycles. The summed E-state index contributed by atoms with van der Waals surface area (Å²) in [5.41, 5.74) is 3.23. The van der Waals surface area contributed by atoms with Crippen LogP contribution in [-0.2, 0) is 11.3 Å². The van der Waals surface area contributed by atoms with Gasteiger partial charge in [-0.1, -0.05) is 42.5 Å². The molecule has 1 aliphatic heterocycles. The van der Waals surface area contributed by atoms with Gasteiger partial charge >= 0.3 is 0 Å². The maximum Gasteiger partial charge on any atom is 0.299 e. The van der Waals surface area contributed by atoms with E-state index in [2.05, 4.69) is 0 Å². The van der Waals surface area contributed by atoms with E-state index in [9.17, 15) is 9.59 Å². The van der Waals surface area contributed by atoms with Crippen molar-refractivity contribution in [2.24, 2.45) is 0 Å². The minimum Gasteiger partial charge on any atom is -0.300 e. The van der Waals surface area contributed by atoms with Crippen LogP contribution in [0, 0.1) is 6.92 Å². The van der Waals surface area contributed by atoms with Crippen molar-refractivity contribution >= 4 is 17.4 Å². The van der Waals surface area contributed by atoms with Crippen LogP contribution >= 0.6 is 0 Å².